The number of imidazole rings is 1. The molecule has 1 aliphatic heterocycles. The number of H-pyrrole nitrogens is 1. The summed E-state index contributed by atoms with van der Waals surface area (Å²) in [6.07, 6.45) is -0.129. The smallest absolute Gasteiger partial charge is 0.326 e. The molecule has 0 amide bonds. The Kier molecular flexibility index (Phi) is 2.78. The van der Waals surface area contributed by atoms with E-state index in [1.165, 1.54) is 0 Å². The zero-order chi connectivity index (χ0) is 13.6. The third-order valence-electron chi connectivity index (χ3n) is 3.45. The van der Waals surface area contributed by atoms with Crippen molar-refractivity contribution in [1.82, 2.24) is 9.55 Å². The summed E-state index contributed by atoms with van der Waals surface area (Å²) in [5.41, 5.74) is 2.96. The largest absolute Gasteiger partial charge is 0.382 e. The minimum absolute atomic E-state index is 0.125. The van der Waals surface area contributed by atoms with Gasteiger partial charge in [-0.1, -0.05) is 12.1 Å². The number of para-hydroxylation sites is 1. The van der Waals surface area contributed by atoms with E-state index in [0.29, 0.717) is 13.0 Å². The van der Waals surface area contributed by atoms with Crippen LogP contribution in [0.15, 0.2) is 28.0 Å². The van der Waals surface area contributed by atoms with E-state index < -0.39 is 6.10 Å². The molecule has 0 fully saturated rings. The topological polar surface area (TPSA) is 70.4 Å². The number of nitrogens with one attached hydrogen (secondary N) is 1. The predicted molar refractivity (Wildman–Crippen MR) is 74.7 cm³/mol. The quantitative estimate of drug-likeness (QED) is 0.817. The molecule has 1 aromatic heterocycles. The molecule has 100 valence electrons. The summed E-state index contributed by atoms with van der Waals surface area (Å²) in [7, 11) is 0. The number of aliphatic imine (C=N–C) groups is 1. The third kappa shape index (κ3) is 1.90. The summed E-state index contributed by atoms with van der Waals surface area (Å²) < 4.78 is 1.69. The second-order valence-electron chi connectivity index (χ2n) is 5.19. The second-order valence-corrected chi connectivity index (χ2v) is 5.19. The van der Waals surface area contributed by atoms with Crippen molar-refractivity contribution >= 4 is 16.7 Å². The number of hydrogen-bond acceptors (Lipinski definition) is 3. The molecule has 0 radical (unpaired) electrons. The fourth-order valence-electron chi connectivity index (χ4n) is 2.69. The Morgan fingerprint density at radius 2 is 2.26 bits per heavy atom. The first-order valence-electron chi connectivity index (χ1n) is 6.54. The molecule has 2 aromatic rings. The van der Waals surface area contributed by atoms with Gasteiger partial charge in [0.25, 0.3) is 0 Å². The standard InChI is InChI=1S/C14H17N3O2/c1-8(2)15-11-6-7-17-12-9(13(11)18)4-3-5-10(12)16-14(17)19/h3-5,8,13,18H,6-7H2,1-2H3,(H,16,19)/b15-11+. The minimum Gasteiger partial charge on any atom is -0.382 e. The number of nitrogens with zero attached hydrogens (tertiary/aromatic N) is 2. The van der Waals surface area contributed by atoms with Crippen LogP contribution < -0.4 is 5.69 Å². The Labute approximate surface area is 110 Å². The molecule has 3 rings (SSSR count). The van der Waals surface area contributed by atoms with Gasteiger partial charge in [-0.3, -0.25) is 9.56 Å². The summed E-state index contributed by atoms with van der Waals surface area (Å²) in [5.74, 6) is 0. The fraction of sp³-hybridized carbons (Fsp3) is 0.429. The highest BCUT2D eigenvalue weighted by Crippen LogP contribution is 2.28. The normalized spacial score (nSPS) is 21.3. The van der Waals surface area contributed by atoms with Gasteiger partial charge in [0.1, 0.15) is 6.10 Å². The molecule has 0 saturated carbocycles. The van der Waals surface area contributed by atoms with Crippen LogP contribution >= 0.6 is 0 Å². The maximum Gasteiger partial charge on any atom is 0.326 e. The average molecular weight is 259 g/mol. The number of rotatable bonds is 1. The Bertz CT molecular complexity index is 709. The number of benzene rings is 1. The van der Waals surface area contributed by atoms with Gasteiger partial charge in [0.15, 0.2) is 0 Å². The Hall–Kier alpha value is -1.88. The lowest BCUT2D eigenvalue weighted by atomic mass is 10.0. The summed E-state index contributed by atoms with van der Waals surface area (Å²) >= 11 is 0. The number of hydrogen-bond donors (Lipinski definition) is 2. The predicted octanol–water partition coefficient (Wildman–Crippen LogP) is 1.62. The lowest BCUT2D eigenvalue weighted by Crippen LogP contribution is -2.18. The lowest BCUT2D eigenvalue weighted by molar-refractivity contribution is 0.246. The van der Waals surface area contributed by atoms with Gasteiger partial charge in [0.05, 0.1) is 11.0 Å². The zero-order valence-electron chi connectivity index (χ0n) is 11.1. The molecule has 0 aliphatic carbocycles. The highest BCUT2D eigenvalue weighted by atomic mass is 16.3. The first kappa shape index (κ1) is 12.2. The summed E-state index contributed by atoms with van der Waals surface area (Å²) in [6, 6.07) is 5.70. The second kappa shape index (κ2) is 4.35. The molecule has 2 heterocycles. The average Bonchev–Trinajstić information content (AvgIpc) is 2.61. The van der Waals surface area contributed by atoms with E-state index in [-0.39, 0.29) is 11.7 Å². The van der Waals surface area contributed by atoms with Gasteiger partial charge in [-0.15, -0.1) is 0 Å². The van der Waals surface area contributed by atoms with E-state index in [4.69, 9.17) is 0 Å². The third-order valence-corrected chi connectivity index (χ3v) is 3.45. The van der Waals surface area contributed by atoms with Crippen LogP contribution in [0, 0.1) is 0 Å². The highest BCUT2D eigenvalue weighted by Gasteiger charge is 2.24. The van der Waals surface area contributed by atoms with Gasteiger partial charge in [-0.2, -0.15) is 0 Å². The highest BCUT2D eigenvalue weighted by molar-refractivity contribution is 5.94. The van der Waals surface area contributed by atoms with Gasteiger partial charge in [-0.25, -0.2) is 4.79 Å². The van der Waals surface area contributed by atoms with Crippen LogP contribution in [0.5, 0.6) is 0 Å². The van der Waals surface area contributed by atoms with Crippen LogP contribution in [0.3, 0.4) is 0 Å². The van der Waals surface area contributed by atoms with Crippen LogP contribution in [-0.2, 0) is 6.54 Å². The summed E-state index contributed by atoms with van der Waals surface area (Å²) in [6.45, 7) is 4.52. The first-order chi connectivity index (χ1) is 9.08. The Morgan fingerprint density at radius 3 is 3.00 bits per heavy atom. The van der Waals surface area contributed by atoms with E-state index >= 15 is 0 Å². The number of aryl methyl sites for hydroxylation is 1. The molecule has 0 bridgehead atoms. The van der Waals surface area contributed by atoms with Gasteiger partial charge in [0, 0.05) is 30.3 Å². The van der Waals surface area contributed by atoms with E-state index in [2.05, 4.69) is 9.98 Å². The van der Waals surface area contributed by atoms with Crippen molar-refractivity contribution in [3.05, 3.63) is 34.2 Å². The maximum atomic E-state index is 11.9. The first-order valence-corrected chi connectivity index (χ1v) is 6.54. The van der Waals surface area contributed by atoms with Crippen molar-refractivity contribution in [3.63, 3.8) is 0 Å². The summed E-state index contributed by atoms with van der Waals surface area (Å²) in [5, 5.41) is 10.5. The lowest BCUT2D eigenvalue weighted by Gasteiger charge is -2.13. The monoisotopic (exact) mass is 259 g/mol. The van der Waals surface area contributed by atoms with Crippen LogP contribution in [0.2, 0.25) is 0 Å². The maximum absolute atomic E-state index is 11.9. The van der Waals surface area contributed by atoms with E-state index in [1.54, 1.807) is 4.57 Å². The molecule has 1 unspecified atom stereocenters. The van der Waals surface area contributed by atoms with E-state index in [9.17, 15) is 9.90 Å². The molecule has 19 heavy (non-hydrogen) atoms. The summed E-state index contributed by atoms with van der Waals surface area (Å²) in [4.78, 5) is 19.2. The van der Waals surface area contributed by atoms with Crippen molar-refractivity contribution < 1.29 is 5.11 Å². The molecule has 1 atom stereocenters. The van der Waals surface area contributed by atoms with E-state index in [0.717, 1.165) is 22.3 Å². The number of aromatic amines is 1. The number of aliphatic hydroxyl groups is 1. The molecule has 0 spiro atoms. The molecular formula is C14H17N3O2. The molecule has 1 aromatic carbocycles. The van der Waals surface area contributed by atoms with Crippen molar-refractivity contribution in [2.45, 2.75) is 39.0 Å². The van der Waals surface area contributed by atoms with Gasteiger partial charge < -0.3 is 10.1 Å². The Morgan fingerprint density at radius 1 is 1.47 bits per heavy atom. The van der Waals surface area contributed by atoms with E-state index in [1.807, 2.05) is 32.0 Å². The van der Waals surface area contributed by atoms with Gasteiger partial charge >= 0.3 is 5.69 Å². The fourth-order valence-corrected chi connectivity index (χ4v) is 2.69. The van der Waals surface area contributed by atoms with Crippen molar-refractivity contribution in [2.24, 2.45) is 4.99 Å². The van der Waals surface area contributed by atoms with Gasteiger partial charge in [0.2, 0.25) is 0 Å². The molecule has 5 heteroatoms. The molecular weight excluding hydrogens is 242 g/mol. The van der Waals surface area contributed by atoms with Crippen LogP contribution in [0.25, 0.3) is 11.0 Å². The molecule has 0 saturated heterocycles. The number of aliphatic hydroxyl groups excluding tert-OH is 1. The van der Waals surface area contributed by atoms with Crippen molar-refractivity contribution in [2.75, 3.05) is 0 Å². The van der Waals surface area contributed by atoms with Crippen LogP contribution in [0.4, 0.5) is 0 Å². The van der Waals surface area contributed by atoms with Crippen LogP contribution in [-0.4, -0.2) is 26.4 Å². The minimum atomic E-state index is -0.727. The molecule has 5 nitrogen and oxygen atoms in total. The molecule has 1 aliphatic rings. The van der Waals surface area contributed by atoms with Crippen molar-refractivity contribution in [1.29, 1.82) is 0 Å². The SMILES string of the molecule is CC(C)/N=C1\CCn2c(=O)[nH]c3cccc(c32)C1O. The van der Waals surface area contributed by atoms with Crippen molar-refractivity contribution in [3.8, 4) is 0 Å². The zero-order valence-corrected chi connectivity index (χ0v) is 11.1. The van der Waals surface area contributed by atoms with Gasteiger partial charge in [-0.05, 0) is 19.9 Å². The number of aromatic nitrogens is 2. The Balaban J connectivity index is 2.25. The molecule has 2 N–H and O–H groups in total. The van der Waals surface area contributed by atoms with Crippen LogP contribution in [0.1, 0.15) is 31.9 Å².